The Bertz CT molecular complexity index is 2080. The van der Waals surface area contributed by atoms with Gasteiger partial charge in [0, 0.05) is 23.3 Å². The molecule has 0 amide bonds. The minimum atomic E-state index is 0.517. The van der Waals surface area contributed by atoms with Gasteiger partial charge in [-0.2, -0.15) is 0 Å². The van der Waals surface area contributed by atoms with Crippen molar-refractivity contribution in [2.24, 2.45) is 0 Å². The third kappa shape index (κ3) is 6.45. The first kappa shape index (κ1) is 30.7. The zero-order valence-corrected chi connectivity index (χ0v) is 28.0. The molecule has 1 nitrogen and oxygen atoms in total. The monoisotopic (exact) mass is 631 g/mol. The SMILES string of the molecule is Cc1ccc(/C(=C/c2ccc3c(c2)C2CCCC2N3c2ccc(/C=C/C=C(c3ccccc3)c3ccccc3)cc2)c2ccccc2)cc1. The fourth-order valence-corrected chi connectivity index (χ4v) is 7.75. The smallest absolute Gasteiger partial charge is 0.0450 e. The van der Waals surface area contributed by atoms with Gasteiger partial charge in [0.1, 0.15) is 0 Å². The van der Waals surface area contributed by atoms with E-state index in [1.165, 1.54) is 86.3 Å². The molecule has 6 aromatic carbocycles. The molecule has 0 saturated heterocycles. The molecule has 49 heavy (non-hydrogen) atoms. The maximum Gasteiger partial charge on any atom is 0.0450 e. The van der Waals surface area contributed by atoms with E-state index in [-0.39, 0.29) is 0 Å². The highest BCUT2D eigenvalue weighted by molar-refractivity contribution is 5.92. The zero-order chi connectivity index (χ0) is 33.0. The first-order chi connectivity index (χ1) is 24.2. The lowest BCUT2D eigenvalue weighted by Crippen LogP contribution is -2.26. The number of allylic oxidation sites excluding steroid dienone is 2. The first-order valence-electron chi connectivity index (χ1n) is 17.6. The van der Waals surface area contributed by atoms with Crippen LogP contribution in [0, 0.1) is 6.92 Å². The van der Waals surface area contributed by atoms with E-state index in [9.17, 15) is 0 Å². The highest BCUT2D eigenvalue weighted by Crippen LogP contribution is 2.52. The van der Waals surface area contributed by atoms with Crippen LogP contribution in [0.2, 0.25) is 0 Å². The molecule has 0 N–H and O–H groups in total. The van der Waals surface area contributed by atoms with E-state index in [2.05, 4.69) is 194 Å². The van der Waals surface area contributed by atoms with Crippen molar-refractivity contribution in [1.29, 1.82) is 0 Å². The van der Waals surface area contributed by atoms with Crippen molar-refractivity contribution in [1.82, 2.24) is 0 Å². The van der Waals surface area contributed by atoms with Crippen LogP contribution >= 0.6 is 0 Å². The maximum absolute atomic E-state index is 2.62. The van der Waals surface area contributed by atoms with Gasteiger partial charge >= 0.3 is 0 Å². The van der Waals surface area contributed by atoms with Crippen LogP contribution in [0.25, 0.3) is 23.3 Å². The Kier molecular flexibility index (Phi) is 8.65. The molecule has 2 aliphatic rings. The van der Waals surface area contributed by atoms with Gasteiger partial charge < -0.3 is 4.90 Å². The number of fused-ring (bicyclic) bond motifs is 3. The summed E-state index contributed by atoms with van der Waals surface area (Å²) in [4.78, 5) is 2.62. The molecule has 238 valence electrons. The fourth-order valence-electron chi connectivity index (χ4n) is 7.75. The van der Waals surface area contributed by atoms with Crippen molar-refractivity contribution in [2.75, 3.05) is 4.90 Å². The largest absolute Gasteiger partial charge is 0.338 e. The molecule has 8 rings (SSSR count). The van der Waals surface area contributed by atoms with Gasteiger partial charge in [-0.3, -0.25) is 0 Å². The van der Waals surface area contributed by atoms with Gasteiger partial charge in [0.25, 0.3) is 0 Å². The summed E-state index contributed by atoms with van der Waals surface area (Å²) in [7, 11) is 0. The number of rotatable bonds is 8. The minimum absolute atomic E-state index is 0.517. The summed E-state index contributed by atoms with van der Waals surface area (Å²) in [6.45, 7) is 2.15. The average Bonchev–Trinajstić information content (AvgIpc) is 3.76. The summed E-state index contributed by atoms with van der Waals surface area (Å²) in [5.41, 5.74) is 15.3. The molecular formula is C48H41N. The summed E-state index contributed by atoms with van der Waals surface area (Å²) >= 11 is 0. The second-order valence-electron chi connectivity index (χ2n) is 13.3. The van der Waals surface area contributed by atoms with E-state index in [1.54, 1.807) is 0 Å². The van der Waals surface area contributed by atoms with E-state index in [1.807, 2.05) is 0 Å². The lowest BCUT2D eigenvalue weighted by atomic mass is 9.92. The Balaban J connectivity index is 1.08. The van der Waals surface area contributed by atoms with Crippen LogP contribution in [-0.2, 0) is 0 Å². The van der Waals surface area contributed by atoms with Crippen LogP contribution in [0.4, 0.5) is 11.4 Å². The Morgan fingerprint density at radius 3 is 1.78 bits per heavy atom. The molecule has 0 bridgehead atoms. The number of nitrogens with zero attached hydrogens (tertiary/aromatic N) is 1. The van der Waals surface area contributed by atoms with Gasteiger partial charge in [0.05, 0.1) is 0 Å². The molecule has 0 aromatic heterocycles. The predicted molar refractivity (Wildman–Crippen MR) is 209 cm³/mol. The van der Waals surface area contributed by atoms with Crippen LogP contribution < -0.4 is 4.90 Å². The summed E-state index contributed by atoms with van der Waals surface area (Å²) < 4.78 is 0. The van der Waals surface area contributed by atoms with E-state index >= 15 is 0 Å². The lowest BCUT2D eigenvalue weighted by Gasteiger charge is -2.27. The highest BCUT2D eigenvalue weighted by Gasteiger charge is 2.42. The van der Waals surface area contributed by atoms with E-state index in [4.69, 9.17) is 0 Å². The molecule has 1 aliphatic heterocycles. The molecule has 1 heteroatoms. The molecule has 1 fully saturated rings. The van der Waals surface area contributed by atoms with Crippen LogP contribution in [0.5, 0.6) is 0 Å². The van der Waals surface area contributed by atoms with Crippen molar-refractivity contribution in [3.8, 4) is 0 Å². The van der Waals surface area contributed by atoms with Gasteiger partial charge in [0.15, 0.2) is 0 Å². The molecule has 0 radical (unpaired) electrons. The molecule has 0 spiro atoms. The lowest BCUT2D eigenvalue weighted by molar-refractivity contribution is 0.642. The summed E-state index contributed by atoms with van der Waals surface area (Å²) in [6, 6.07) is 57.8. The van der Waals surface area contributed by atoms with Crippen molar-refractivity contribution < 1.29 is 0 Å². The molecular weight excluding hydrogens is 591 g/mol. The molecule has 1 aliphatic carbocycles. The normalized spacial score (nSPS) is 16.8. The Labute approximate surface area is 291 Å². The topological polar surface area (TPSA) is 3.24 Å². The standard InChI is InChI=1S/C48H41N/c1-35-23-28-41(29-24-35)45(40-18-9-4-10-19-40)33-37-27-32-48-46(34-37)44-21-12-22-47(44)49(48)42-30-25-36(26-31-42)13-11-20-43(38-14-5-2-6-15-38)39-16-7-3-8-17-39/h2-11,13-20,23-34,44,47H,12,21-22H2,1H3/b13-11+,45-33+. The fraction of sp³-hybridized carbons (Fsp3) is 0.125. The number of hydrogen-bond acceptors (Lipinski definition) is 1. The summed E-state index contributed by atoms with van der Waals surface area (Å²) in [5.74, 6) is 0.571. The predicted octanol–water partition coefficient (Wildman–Crippen LogP) is 12.5. The quantitative estimate of drug-likeness (QED) is 0.119. The second-order valence-corrected chi connectivity index (χ2v) is 13.3. The van der Waals surface area contributed by atoms with Crippen molar-refractivity contribution >= 4 is 34.7 Å². The summed E-state index contributed by atoms with van der Waals surface area (Å²) in [5, 5.41) is 0. The Hall–Kier alpha value is -5.66. The van der Waals surface area contributed by atoms with Gasteiger partial charge in [-0.1, -0.05) is 164 Å². The summed E-state index contributed by atoms with van der Waals surface area (Å²) in [6.07, 6.45) is 12.8. The van der Waals surface area contributed by atoms with Crippen LogP contribution in [0.1, 0.15) is 69.7 Å². The zero-order valence-electron chi connectivity index (χ0n) is 28.0. The van der Waals surface area contributed by atoms with Gasteiger partial charge in [-0.25, -0.2) is 0 Å². The third-order valence-corrected chi connectivity index (χ3v) is 10.2. The van der Waals surface area contributed by atoms with Gasteiger partial charge in [-0.05, 0) is 100 Å². The van der Waals surface area contributed by atoms with E-state index in [0.29, 0.717) is 12.0 Å². The Morgan fingerprint density at radius 1 is 0.571 bits per heavy atom. The number of benzene rings is 6. The van der Waals surface area contributed by atoms with Crippen LogP contribution in [-0.4, -0.2) is 6.04 Å². The van der Waals surface area contributed by atoms with Crippen molar-refractivity contribution in [3.05, 3.63) is 214 Å². The molecule has 6 aromatic rings. The second kappa shape index (κ2) is 13.8. The molecule has 2 atom stereocenters. The first-order valence-corrected chi connectivity index (χ1v) is 17.6. The van der Waals surface area contributed by atoms with Crippen LogP contribution in [0.15, 0.2) is 170 Å². The van der Waals surface area contributed by atoms with Crippen molar-refractivity contribution in [2.45, 2.75) is 38.1 Å². The average molecular weight is 632 g/mol. The third-order valence-electron chi connectivity index (χ3n) is 10.2. The highest BCUT2D eigenvalue weighted by atomic mass is 15.2. The Morgan fingerprint density at radius 2 is 1.14 bits per heavy atom. The van der Waals surface area contributed by atoms with Gasteiger partial charge in [-0.15, -0.1) is 0 Å². The number of hydrogen-bond donors (Lipinski definition) is 0. The number of aryl methyl sites for hydroxylation is 1. The molecule has 1 saturated carbocycles. The van der Waals surface area contributed by atoms with E-state index < -0.39 is 0 Å². The van der Waals surface area contributed by atoms with Crippen LogP contribution in [0.3, 0.4) is 0 Å². The molecule has 2 unspecified atom stereocenters. The molecule has 1 heterocycles. The maximum atomic E-state index is 2.62. The minimum Gasteiger partial charge on any atom is -0.338 e. The number of anilines is 2. The van der Waals surface area contributed by atoms with Crippen molar-refractivity contribution in [3.63, 3.8) is 0 Å². The van der Waals surface area contributed by atoms with E-state index in [0.717, 1.165) is 0 Å². The van der Waals surface area contributed by atoms with Gasteiger partial charge in [0.2, 0.25) is 0 Å².